The first-order valence-corrected chi connectivity index (χ1v) is 11.9. The molecule has 0 saturated carbocycles. The van der Waals surface area contributed by atoms with Crippen molar-refractivity contribution < 1.29 is 24.2 Å². The minimum atomic E-state index is -0.940. The number of carbonyl (C=O) groups excluding carboxylic acids is 3. The number of nitrogens with one attached hydrogen (secondary N) is 2. The molecule has 8 heteroatoms. The summed E-state index contributed by atoms with van der Waals surface area (Å²) in [6, 6.07) is -0.765. The van der Waals surface area contributed by atoms with Gasteiger partial charge in [0.05, 0.1) is 17.4 Å². The summed E-state index contributed by atoms with van der Waals surface area (Å²) in [5.74, 6) is -1.67. The Bertz CT molecular complexity index is 699. The van der Waals surface area contributed by atoms with E-state index in [1.807, 2.05) is 27.7 Å². The lowest BCUT2D eigenvalue weighted by molar-refractivity contribution is -0.146. The van der Waals surface area contributed by atoms with E-state index in [-0.39, 0.29) is 30.4 Å². The number of hydrogen-bond acceptors (Lipinski definition) is 5. The minimum Gasteiger partial charge on any atom is -0.396 e. The summed E-state index contributed by atoms with van der Waals surface area (Å²) in [6.07, 6.45) is 5.33. The maximum Gasteiger partial charge on any atom is 0.246 e. The third kappa shape index (κ3) is 4.21. The highest BCUT2D eigenvalue weighted by Crippen LogP contribution is 2.63. The first-order chi connectivity index (χ1) is 14.7. The maximum absolute atomic E-state index is 13.7. The molecule has 2 bridgehead atoms. The Morgan fingerprint density at radius 3 is 2.55 bits per heavy atom. The Kier molecular flexibility index (Phi) is 7.31. The SMILES string of the molecule is CCCNC(=O)[C@@H]1[C@H]2C(=O)N(CCCCCCO)C(C(=O)NC(C)C)C23CC[C@@]1(C)O3. The predicted molar refractivity (Wildman–Crippen MR) is 116 cm³/mol. The summed E-state index contributed by atoms with van der Waals surface area (Å²) >= 11 is 0. The van der Waals surface area contributed by atoms with Gasteiger partial charge >= 0.3 is 0 Å². The average molecular weight is 438 g/mol. The van der Waals surface area contributed by atoms with Crippen molar-refractivity contribution in [3.8, 4) is 0 Å². The quantitative estimate of drug-likeness (QED) is 0.423. The van der Waals surface area contributed by atoms with Crippen LogP contribution in [0.25, 0.3) is 0 Å². The van der Waals surface area contributed by atoms with E-state index < -0.39 is 29.1 Å². The van der Waals surface area contributed by atoms with Gasteiger partial charge in [0.25, 0.3) is 0 Å². The van der Waals surface area contributed by atoms with Gasteiger partial charge in [0.2, 0.25) is 17.7 Å². The summed E-state index contributed by atoms with van der Waals surface area (Å²) in [5.41, 5.74) is -1.66. The molecule has 3 aliphatic heterocycles. The second-order valence-electron chi connectivity index (χ2n) is 9.85. The van der Waals surface area contributed by atoms with Crippen LogP contribution in [0.3, 0.4) is 0 Å². The van der Waals surface area contributed by atoms with E-state index in [9.17, 15) is 14.4 Å². The number of unbranched alkanes of at least 4 members (excludes halogenated alkanes) is 3. The van der Waals surface area contributed by atoms with E-state index in [4.69, 9.17) is 9.84 Å². The van der Waals surface area contributed by atoms with Gasteiger partial charge in [-0.15, -0.1) is 0 Å². The van der Waals surface area contributed by atoms with Crippen molar-refractivity contribution >= 4 is 17.7 Å². The van der Waals surface area contributed by atoms with Gasteiger partial charge in [-0.1, -0.05) is 19.8 Å². The normalized spacial score (nSPS) is 33.8. The second-order valence-corrected chi connectivity index (χ2v) is 9.85. The molecule has 2 unspecified atom stereocenters. The van der Waals surface area contributed by atoms with E-state index in [0.717, 1.165) is 32.1 Å². The molecule has 0 aromatic carbocycles. The number of aliphatic hydroxyl groups is 1. The lowest BCUT2D eigenvalue weighted by Gasteiger charge is -2.34. The fraction of sp³-hybridized carbons (Fsp3) is 0.870. The summed E-state index contributed by atoms with van der Waals surface area (Å²) in [7, 11) is 0. The molecular formula is C23H39N3O5. The van der Waals surface area contributed by atoms with Gasteiger partial charge in [0, 0.05) is 25.7 Å². The molecule has 3 saturated heterocycles. The van der Waals surface area contributed by atoms with E-state index in [1.54, 1.807) is 4.90 Å². The molecule has 5 atom stereocenters. The van der Waals surface area contributed by atoms with Gasteiger partial charge < -0.3 is 25.4 Å². The van der Waals surface area contributed by atoms with Crippen LogP contribution in [0.15, 0.2) is 0 Å². The van der Waals surface area contributed by atoms with Gasteiger partial charge in [-0.3, -0.25) is 14.4 Å². The number of ether oxygens (including phenoxy) is 1. The molecule has 3 fully saturated rings. The summed E-state index contributed by atoms with van der Waals surface area (Å²) < 4.78 is 6.53. The lowest BCUT2D eigenvalue weighted by Crippen LogP contribution is -2.56. The summed E-state index contributed by atoms with van der Waals surface area (Å²) in [6.45, 7) is 8.89. The van der Waals surface area contributed by atoms with Crippen molar-refractivity contribution in [3.05, 3.63) is 0 Å². The number of amides is 3. The van der Waals surface area contributed by atoms with Crippen molar-refractivity contribution in [1.82, 2.24) is 15.5 Å². The van der Waals surface area contributed by atoms with Crippen molar-refractivity contribution in [2.75, 3.05) is 19.7 Å². The molecule has 3 N–H and O–H groups in total. The van der Waals surface area contributed by atoms with Crippen LogP contribution in [0.4, 0.5) is 0 Å². The lowest BCUT2D eigenvalue weighted by atomic mass is 9.66. The number of aliphatic hydroxyl groups excluding tert-OH is 1. The zero-order chi connectivity index (χ0) is 22.8. The number of likely N-dealkylation sites (tertiary alicyclic amines) is 1. The van der Waals surface area contributed by atoms with Gasteiger partial charge in [-0.05, 0) is 52.9 Å². The van der Waals surface area contributed by atoms with Crippen LogP contribution >= 0.6 is 0 Å². The Balaban J connectivity index is 1.89. The Hall–Kier alpha value is -1.67. The predicted octanol–water partition coefficient (Wildman–Crippen LogP) is 1.35. The molecule has 3 aliphatic rings. The van der Waals surface area contributed by atoms with Crippen LogP contribution < -0.4 is 10.6 Å². The fourth-order valence-corrected chi connectivity index (χ4v) is 5.84. The summed E-state index contributed by atoms with van der Waals surface area (Å²) in [5, 5.41) is 14.9. The number of rotatable bonds is 11. The second kappa shape index (κ2) is 9.45. The van der Waals surface area contributed by atoms with Crippen LogP contribution in [0.1, 0.15) is 72.6 Å². The smallest absolute Gasteiger partial charge is 0.246 e. The molecule has 3 heterocycles. The molecule has 0 aliphatic carbocycles. The van der Waals surface area contributed by atoms with Gasteiger partial charge in [0.1, 0.15) is 11.6 Å². The maximum atomic E-state index is 13.7. The van der Waals surface area contributed by atoms with Crippen LogP contribution in [0.2, 0.25) is 0 Å². The number of hydrogen-bond donors (Lipinski definition) is 3. The number of carbonyl (C=O) groups is 3. The molecule has 8 nitrogen and oxygen atoms in total. The third-order valence-electron chi connectivity index (χ3n) is 7.09. The molecule has 3 rings (SSSR count). The molecule has 0 aromatic heterocycles. The van der Waals surface area contributed by atoms with E-state index >= 15 is 0 Å². The zero-order valence-electron chi connectivity index (χ0n) is 19.4. The van der Waals surface area contributed by atoms with Gasteiger partial charge in [-0.2, -0.15) is 0 Å². The van der Waals surface area contributed by atoms with E-state index in [0.29, 0.717) is 25.9 Å². The van der Waals surface area contributed by atoms with Crippen LogP contribution in [-0.2, 0) is 19.1 Å². The molecule has 31 heavy (non-hydrogen) atoms. The van der Waals surface area contributed by atoms with Crippen molar-refractivity contribution in [2.45, 2.75) is 95.9 Å². The first-order valence-electron chi connectivity index (χ1n) is 11.9. The average Bonchev–Trinajstić information content (AvgIpc) is 3.26. The van der Waals surface area contributed by atoms with Gasteiger partial charge in [0.15, 0.2) is 0 Å². The number of fused-ring (bicyclic) bond motifs is 1. The van der Waals surface area contributed by atoms with Crippen molar-refractivity contribution in [1.29, 1.82) is 0 Å². The first kappa shape index (κ1) is 24.0. The highest BCUT2D eigenvalue weighted by molar-refractivity contribution is 5.99. The highest BCUT2D eigenvalue weighted by Gasteiger charge is 2.77. The van der Waals surface area contributed by atoms with Crippen LogP contribution in [0.5, 0.6) is 0 Å². The van der Waals surface area contributed by atoms with Crippen LogP contribution in [0, 0.1) is 11.8 Å². The largest absolute Gasteiger partial charge is 0.396 e. The van der Waals surface area contributed by atoms with Crippen molar-refractivity contribution in [2.24, 2.45) is 11.8 Å². The summed E-state index contributed by atoms with van der Waals surface area (Å²) in [4.78, 5) is 41.7. The molecular weight excluding hydrogens is 398 g/mol. The molecule has 176 valence electrons. The Labute approximate surface area is 185 Å². The van der Waals surface area contributed by atoms with Crippen LogP contribution in [-0.4, -0.2) is 70.7 Å². The topological polar surface area (TPSA) is 108 Å². The molecule has 0 aromatic rings. The van der Waals surface area contributed by atoms with E-state index in [1.165, 1.54) is 0 Å². The third-order valence-corrected chi connectivity index (χ3v) is 7.09. The Morgan fingerprint density at radius 1 is 1.19 bits per heavy atom. The Morgan fingerprint density at radius 2 is 1.90 bits per heavy atom. The zero-order valence-corrected chi connectivity index (χ0v) is 19.4. The standard InChI is InChI=1S/C23H39N3O5/c1-5-12-24-19(28)16-17-21(30)26(13-8-6-7-9-14-27)18(20(29)25-15(2)3)23(17)11-10-22(16,4)31-23/h15-18,27H,5-14H2,1-4H3,(H,24,28)(H,25,29)/t16-,17-,18?,22+,23?/m0/s1. The molecule has 3 amide bonds. The van der Waals surface area contributed by atoms with E-state index in [2.05, 4.69) is 10.6 Å². The number of nitrogens with zero attached hydrogens (tertiary/aromatic N) is 1. The molecule has 1 spiro atoms. The van der Waals surface area contributed by atoms with Gasteiger partial charge in [-0.25, -0.2) is 0 Å². The highest BCUT2D eigenvalue weighted by atomic mass is 16.5. The monoisotopic (exact) mass is 437 g/mol. The fourth-order valence-electron chi connectivity index (χ4n) is 5.84. The van der Waals surface area contributed by atoms with Crippen molar-refractivity contribution in [3.63, 3.8) is 0 Å². The minimum absolute atomic E-state index is 0.0534. The molecule has 0 radical (unpaired) electrons.